The largest absolute Gasteiger partial charge is 0.494 e. The summed E-state index contributed by atoms with van der Waals surface area (Å²) in [7, 11) is 1.14. The molecule has 0 atom stereocenters. The standard InChI is InChI=1S/C24H21F5O/c1-3-4-5-6-14-7-9-15(10-8-14)20(25)22(27)17-12-11-16-13-18(30-2)23(28)24(29)19(16)21(17)26/h7-13H,3-6H2,1-2H3. The zero-order chi connectivity index (χ0) is 21.8. The maximum absolute atomic E-state index is 14.8. The van der Waals surface area contributed by atoms with Crippen molar-refractivity contribution in [3.8, 4) is 5.75 Å². The Hall–Kier alpha value is -2.89. The maximum atomic E-state index is 14.8. The molecule has 0 saturated carbocycles. The van der Waals surface area contributed by atoms with Crippen LogP contribution in [0, 0.1) is 17.5 Å². The second-order valence-electron chi connectivity index (χ2n) is 7.01. The summed E-state index contributed by atoms with van der Waals surface area (Å²) in [6, 6.07) is 9.48. The Morgan fingerprint density at radius 1 is 0.833 bits per heavy atom. The van der Waals surface area contributed by atoms with Gasteiger partial charge in [0.25, 0.3) is 0 Å². The fraction of sp³-hybridized carbons (Fsp3) is 0.250. The van der Waals surface area contributed by atoms with Crippen LogP contribution in [0.4, 0.5) is 22.0 Å². The molecule has 0 aliphatic carbocycles. The Morgan fingerprint density at radius 2 is 1.53 bits per heavy atom. The van der Waals surface area contributed by atoms with Crippen LogP contribution in [0.25, 0.3) is 22.4 Å². The second-order valence-corrected chi connectivity index (χ2v) is 7.01. The molecule has 0 N–H and O–H groups in total. The van der Waals surface area contributed by atoms with Crippen LogP contribution in [-0.2, 0) is 6.42 Å². The zero-order valence-corrected chi connectivity index (χ0v) is 16.7. The van der Waals surface area contributed by atoms with Gasteiger partial charge in [-0.25, -0.2) is 17.6 Å². The van der Waals surface area contributed by atoms with E-state index in [1.165, 1.54) is 18.2 Å². The number of benzene rings is 3. The van der Waals surface area contributed by atoms with Crippen molar-refractivity contribution in [1.29, 1.82) is 0 Å². The Labute approximate surface area is 171 Å². The van der Waals surface area contributed by atoms with E-state index in [-0.39, 0.29) is 10.9 Å². The third-order valence-corrected chi connectivity index (χ3v) is 5.01. The highest BCUT2D eigenvalue weighted by atomic mass is 19.2. The van der Waals surface area contributed by atoms with Crippen LogP contribution < -0.4 is 4.74 Å². The fourth-order valence-electron chi connectivity index (χ4n) is 3.32. The molecule has 3 aromatic rings. The quantitative estimate of drug-likeness (QED) is 0.216. The lowest BCUT2D eigenvalue weighted by molar-refractivity contribution is 0.374. The number of rotatable bonds is 7. The summed E-state index contributed by atoms with van der Waals surface area (Å²) >= 11 is 0. The highest BCUT2D eigenvalue weighted by Gasteiger charge is 2.22. The summed E-state index contributed by atoms with van der Waals surface area (Å²) in [5.74, 6) is -7.46. The first-order valence-corrected chi connectivity index (χ1v) is 9.68. The summed E-state index contributed by atoms with van der Waals surface area (Å²) in [5.41, 5.74) is 0.145. The van der Waals surface area contributed by atoms with Crippen molar-refractivity contribution in [3.05, 3.63) is 76.6 Å². The number of hydrogen-bond donors (Lipinski definition) is 0. The minimum atomic E-state index is -1.52. The van der Waals surface area contributed by atoms with Gasteiger partial charge in [0, 0.05) is 11.1 Å². The normalized spacial score (nSPS) is 12.2. The van der Waals surface area contributed by atoms with Crippen molar-refractivity contribution >= 4 is 22.4 Å². The highest BCUT2D eigenvalue weighted by molar-refractivity contribution is 5.91. The first-order chi connectivity index (χ1) is 14.4. The number of hydrogen-bond acceptors (Lipinski definition) is 1. The predicted molar refractivity (Wildman–Crippen MR) is 109 cm³/mol. The van der Waals surface area contributed by atoms with Crippen molar-refractivity contribution in [2.45, 2.75) is 32.6 Å². The smallest absolute Gasteiger partial charge is 0.201 e. The van der Waals surface area contributed by atoms with Gasteiger partial charge < -0.3 is 4.74 Å². The average molecular weight is 420 g/mol. The lowest BCUT2D eigenvalue weighted by Crippen LogP contribution is -1.98. The van der Waals surface area contributed by atoms with Crippen LogP contribution >= 0.6 is 0 Å². The molecule has 0 bridgehead atoms. The summed E-state index contributed by atoms with van der Waals surface area (Å²) in [4.78, 5) is 0. The summed E-state index contributed by atoms with van der Waals surface area (Å²) in [5, 5.41) is -0.795. The van der Waals surface area contributed by atoms with E-state index in [2.05, 4.69) is 6.92 Å². The molecular weight excluding hydrogens is 399 g/mol. The van der Waals surface area contributed by atoms with E-state index < -0.39 is 45.8 Å². The predicted octanol–water partition coefficient (Wildman–Crippen LogP) is 7.76. The minimum absolute atomic E-state index is 0.0309. The lowest BCUT2D eigenvalue weighted by atomic mass is 10.0. The number of halogens is 5. The van der Waals surface area contributed by atoms with E-state index in [9.17, 15) is 22.0 Å². The van der Waals surface area contributed by atoms with Crippen LogP contribution in [0.5, 0.6) is 5.75 Å². The van der Waals surface area contributed by atoms with Gasteiger partial charge in [0.2, 0.25) is 5.82 Å². The molecule has 0 aromatic heterocycles. The summed E-state index contributed by atoms with van der Waals surface area (Å²) in [6.07, 6.45) is 3.98. The number of ether oxygens (including phenoxy) is 1. The number of aryl methyl sites for hydroxylation is 1. The highest BCUT2D eigenvalue weighted by Crippen LogP contribution is 2.36. The van der Waals surface area contributed by atoms with Gasteiger partial charge in [-0.05, 0) is 35.9 Å². The molecule has 158 valence electrons. The SMILES string of the molecule is CCCCCc1ccc(C(F)=C(F)c2ccc3cc(OC)c(F)c(F)c3c2F)cc1. The molecule has 3 rings (SSSR count). The van der Waals surface area contributed by atoms with E-state index in [1.54, 1.807) is 12.1 Å². The molecule has 0 unspecified atom stereocenters. The fourth-order valence-corrected chi connectivity index (χ4v) is 3.32. The van der Waals surface area contributed by atoms with Crippen LogP contribution in [0.2, 0.25) is 0 Å². The molecule has 0 fully saturated rings. The summed E-state index contributed by atoms with van der Waals surface area (Å²) in [6.45, 7) is 2.09. The minimum Gasteiger partial charge on any atom is -0.494 e. The molecule has 0 aliphatic rings. The van der Waals surface area contributed by atoms with E-state index >= 15 is 0 Å². The van der Waals surface area contributed by atoms with Gasteiger partial charge >= 0.3 is 0 Å². The van der Waals surface area contributed by atoms with Crippen molar-refractivity contribution in [1.82, 2.24) is 0 Å². The second kappa shape index (κ2) is 9.28. The Bertz CT molecular complexity index is 1090. The summed E-state index contributed by atoms with van der Waals surface area (Å²) < 4.78 is 77.3. The maximum Gasteiger partial charge on any atom is 0.201 e. The molecule has 3 aromatic carbocycles. The van der Waals surface area contributed by atoms with Gasteiger partial charge in [0.15, 0.2) is 23.2 Å². The Balaban J connectivity index is 2.00. The molecule has 0 saturated heterocycles. The topological polar surface area (TPSA) is 9.23 Å². The van der Waals surface area contributed by atoms with Gasteiger partial charge in [-0.3, -0.25) is 0 Å². The van der Waals surface area contributed by atoms with Crippen LogP contribution in [-0.4, -0.2) is 7.11 Å². The zero-order valence-electron chi connectivity index (χ0n) is 16.7. The lowest BCUT2D eigenvalue weighted by Gasteiger charge is -2.10. The number of fused-ring (bicyclic) bond motifs is 1. The molecule has 0 heterocycles. The molecule has 0 spiro atoms. The van der Waals surface area contributed by atoms with Gasteiger partial charge in [-0.2, -0.15) is 4.39 Å². The van der Waals surface area contributed by atoms with Crippen molar-refractivity contribution in [2.75, 3.05) is 7.11 Å². The van der Waals surface area contributed by atoms with Crippen molar-refractivity contribution < 1.29 is 26.7 Å². The van der Waals surface area contributed by atoms with Crippen LogP contribution in [0.3, 0.4) is 0 Å². The Kier molecular flexibility index (Phi) is 6.75. The van der Waals surface area contributed by atoms with Crippen molar-refractivity contribution in [3.63, 3.8) is 0 Å². The Morgan fingerprint density at radius 3 is 2.17 bits per heavy atom. The monoisotopic (exact) mass is 420 g/mol. The van der Waals surface area contributed by atoms with Crippen molar-refractivity contribution in [2.24, 2.45) is 0 Å². The first kappa shape index (κ1) is 21.8. The molecule has 30 heavy (non-hydrogen) atoms. The number of unbranched alkanes of at least 4 members (excludes halogenated alkanes) is 2. The first-order valence-electron chi connectivity index (χ1n) is 9.68. The van der Waals surface area contributed by atoms with Gasteiger partial charge in [-0.1, -0.05) is 50.1 Å². The van der Waals surface area contributed by atoms with E-state index in [0.717, 1.165) is 50.5 Å². The molecule has 0 amide bonds. The average Bonchev–Trinajstić information content (AvgIpc) is 2.76. The molecule has 0 aliphatic heterocycles. The third-order valence-electron chi connectivity index (χ3n) is 5.01. The molecule has 1 nitrogen and oxygen atoms in total. The van der Waals surface area contributed by atoms with Gasteiger partial charge in [0.05, 0.1) is 12.5 Å². The third kappa shape index (κ3) is 4.18. The molecular formula is C24H21F5O. The number of methoxy groups -OCH3 is 1. The van der Waals surface area contributed by atoms with Crippen LogP contribution in [0.15, 0.2) is 42.5 Å². The van der Waals surface area contributed by atoms with E-state index in [0.29, 0.717) is 0 Å². The molecule has 0 radical (unpaired) electrons. The van der Waals surface area contributed by atoms with Crippen LogP contribution in [0.1, 0.15) is 42.9 Å². The van der Waals surface area contributed by atoms with Gasteiger partial charge in [0.1, 0.15) is 5.82 Å². The van der Waals surface area contributed by atoms with E-state index in [4.69, 9.17) is 4.74 Å². The molecule has 6 heteroatoms. The van der Waals surface area contributed by atoms with Gasteiger partial charge in [-0.15, -0.1) is 0 Å². The van der Waals surface area contributed by atoms with E-state index in [1.807, 2.05) is 0 Å².